The first-order chi connectivity index (χ1) is 6.99. The van der Waals surface area contributed by atoms with Crippen molar-refractivity contribution in [3.05, 3.63) is 0 Å². The first-order valence-electron chi connectivity index (χ1n) is 5.15. The minimum atomic E-state index is -4.08. The lowest BCUT2D eigenvalue weighted by Gasteiger charge is -2.35. The Morgan fingerprint density at radius 3 is 2.00 bits per heavy atom. The van der Waals surface area contributed by atoms with Gasteiger partial charge >= 0.3 is 0 Å². The lowest BCUT2D eigenvalue weighted by molar-refractivity contribution is -0.183. The van der Waals surface area contributed by atoms with Crippen LogP contribution >= 0.6 is 7.37 Å². The number of rotatable bonds is 8. The van der Waals surface area contributed by atoms with Crippen LogP contribution in [0.4, 0.5) is 4.39 Å². The molecule has 0 spiro atoms. The van der Waals surface area contributed by atoms with Crippen LogP contribution < -0.4 is 0 Å². The van der Waals surface area contributed by atoms with Crippen LogP contribution in [0.15, 0.2) is 0 Å². The van der Waals surface area contributed by atoms with Gasteiger partial charge in [-0.2, -0.15) is 0 Å². The molecule has 0 rings (SSSR count). The maximum absolute atomic E-state index is 12.6. The van der Waals surface area contributed by atoms with Gasteiger partial charge in [-0.15, -0.1) is 0 Å². The van der Waals surface area contributed by atoms with Gasteiger partial charge < -0.3 is 14.4 Å². The van der Waals surface area contributed by atoms with Crippen molar-refractivity contribution in [2.45, 2.75) is 39.1 Å². The zero-order valence-corrected chi connectivity index (χ0v) is 10.4. The summed E-state index contributed by atoms with van der Waals surface area (Å²) in [6.07, 6.45) is -0.524. The molecule has 0 saturated carbocycles. The number of halogens is 1. The van der Waals surface area contributed by atoms with Gasteiger partial charge in [0, 0.05) is 19.6 Å². The third kappa shape index (κ3) is 3.52. The Bertz CT molecular complexity index is 205. The van der Waals surface area contributed by atoms with Crippen molar-refractivity contribution in [1.82, 2.24) is 0 Å². The van der Waals surface area contributed by atoms with Crippen LogP contribution in [0.2, 0.25) is 0 Å². The first kappa shape index (κ1) is 15.0. The molecule has 0 radical (unpaired) electrons. The van der Waals surface area contributed by atoms with Gasteiger partial charge in [-0.1, -0.05) is 13.3 Å². The van der Waals surface area contributed by atoms with E-state index in [-0.39, 0.29) is 19.6 Å². The highest BCUT2D eigenvalue weighted by Gasteiger charge is 2.49. The van der Waals surface area contributed by atoms with E-state index >= 15 is 0 Å². The van der Waals surface area contributed by atoms with Gasteiger partial charge in [0.15, 0.2) is 6.42 Å². The van der Waals surface area contributed by atoms with E-state index in [1.54, 1.807) is 13.8 Å². The maximum Gasteiger partial charge on any atom is 0.288 e. The molecular formula is C9H20FO4P. The van der Waals surface area contributed by atoms with Crippen molar-refractivity contribution in [2.24, 2.45) is 0 Å². The summed E-state index contributed by atoms with van der Waals surface area (Å²) in [5.74, 6) is 0. The normalized spacial score (nSPS) is 16.3. The van der Waals surface area contributed by atoms with E-state index in [9.17, 15) is 13.8 Å². The molecule has 0 aromatic heterocycles. The summed E-state index contributed by atoms with van der Waals surface area (Å²) >= 11 is 0. The summed E-state index contributed by atoms with van der Waals surface area (Å²) in [6, 6.07) is 0. The van der Waals surface area contributed by atoms with Crippen molar-refractivity contribution < 1.29 is 23.3 Å². The highest BCUT2D eigenvalue weighted by molar-refractivity contribution is 7.59. The van der Waals surface area contributed by atoms with Crippen molar-refractivity contribution in [3.8, 4) is 0 Å². The van der Waals surface area contributed by atoms with Crippen LogP contribution in [0.25, 0.3) is 0 Å². The second-order valence-corrected chi connectivity index (χ2v) is 5.47. The summed E-state index contributed by atoms with van der Waals surface area (Å²) in [5.41, 5.74) is -1.67. The predicted molar refractivity (Wildman–Crippen MR) is 56.7 cm³/mol. The molecule has 0 bridgehead atoms. The molecule has 0 aromatic carbocycles. The Morgan fingerprint density at radius 1 is 1.27 bits per heavy atom. The van der Waals surface area contributed by atoms with Gasteiger partial charge in [-0.05, 0) is 13.8 Å². The van der Waals surface area contributed by atoms with Crippen molar-refractivity contribution in [3.63, 3.8) is 0 Å². The van der Waals surface area contributed by atoms with Gasteiger partial charge in [0.25, 0.3) is 7.37 Å². The van der Waals surface area contributed by atoms with E-state index in [0.717, 1.165) is 0 Å². The van der Waals surface area contributed by atoms with Gasteiger partial charge in [0.05, 0.1) is 0 Å². The SMILES string of the molecule is CCCC(OCC)(OCC)P(=O)(O)CF. The molecule has 0 fully saturated rings. The molecular weight excluding hydrogens is 222 g/mol. The number of ether oxygens (including phenoxy) is 2. The Balaban J connectivity index is 5.00. The minimum absolute atomic E-state index is 0.213. The second kappa shape index (κ2) is 6.59. The predicted octanol–water partition coefficient (Wildman–Crippen LogP) is 2.71. The standard InChI is InChI=1S/C9H20FO4P/c1-4-7-9(13-5-2,14-6-3)15(11,12)8-10/h4-8H2,1-3H3,(H,11,12). The van der Waals surface area contributed by atoms with E-state index in [2.05, 4.69) is 0 Å². The Hall–Kier alpha value is 0.0400. The molecule has 1 N–H and O–H groups in total. The van der Waals surface area contributed by atoms with Crippen LogP contribution in [0.5, 0.6) is 0 Å². The minimum Gasteiger partial charge on any atom is -0.342 e. The Morgan fingerprint density at radius 2 is 1.73 bits per heavy atom. The van der Waals surface area contributed by atoms with Crippen LogP contribution in [0.3, 0.4) is 0 Å². The number of alkyl halides is 1. The number of hydrogen-bond donors (Lipinski definition) is 1. The topological polar surface area (TPSA) is 55.8 Å². The van der Waals surface area contributed by atoms with E-state index in [0.29, 0.717) is 6.42 Å². The molecule has 1 unspecified atom stereocenters. The lowest BCUT2D eigenvalue weighted by atomic mass is 10.3. The molecule has 92 valence electrons. The zero-order valence-electron chi connectivity index (χ0n) is 9.53. The van der Waals surface area contributed by atoms with Crippen LogP contribution in [0.1, 0.15) is 33.6 Å². The molecule has 1 atom stereocenters. The number of hydrogen-bond acceptors (Lipinski definition) is 3. The van der Waals surface area contributed by atoms with Gasteiger partial charge in [0.1, 0.15) is 0 Å². The van der Waals surface area contributed by atoms with Crippen LogP contribution in [-0.2, 0) is 14.0 Å². The smallest absolute Gasteiger partial charge is 0.288 e. The molecule has 0 heterocycles. The van der Waals surface area contributed by atoms with Crippen molar-refractivity contribution in [1.29, 1.82) is 0 Å². The maximum atomic E-state index is 12.6. The second-order valence-electron chi connectivity index (χ2n) is 3.15. The quantitative estimate of drug-likeness (QED) is 0.525. The van der Waals surface area contributed by atoms with Crippen LogP contribution in [0, 0.1) is 0 Å². The fraction of sp³-hybridized carbons (Fsp3) is 1.00. The molecule has 0 saturated heterocycles. The van der Waals surface area contributed by atoms with Crippen molar-refractivity contribution in [2.75, 3.05) is 19.6 Å². The zero-order chi connectivity index (χ0) is 11.9. The van der Waals surface area contributed by atoms with Crippen LogP contribution in [-0.4, -0.2) is 30.1 Å². The molecule has 15 heavy (non-hydrogen) atoms. The highest BCUT2D eigenvalue weighted by Crippen LogP contribution is 2.58. The Kier molecular flexibility index (Phi) is 6.60. The summed E-state index contributed by atoms with van der Waals surface area (Å²) in [7, 11) is -4.08. The van der Waals surface area contributed by atoms with E-state index in [1.165, 1.54) is 0 Å². The molecule has 0 aliphatic heterocycles. The Labute approximate surface area is 90.2 Å². The van der Waals surface area contributed by atoms with Gasteiger partial charge in [-0.3, -0.25) is 4.57 Å². The van der Waals surface area contributed by atoms with E-state index < -0.39 is 19.3 Å². The summed E-state index contributed by atoms with van der Waals surface area (Å²) < 4.78 is 34.6. The third-order valence-electron chi connectivity index (χ3n) is 2.00. The molecule has 4 nitrogen and oxygen atoms in total. The molecule has 0 aromatic rings. The molecule has 0 aliphatic rings. The summed E-state index contributed by atoms with van der Waals surface area (Å²) in [5, 5.41) is 0. The fourth-order valence-electron chi connectivity index (χ4n) is 1.42. The summed E-state index contributed by atoms with van der Waals surface area (Å²) in [4.78, 5) is 9.56. The monoisotopic (exact) mass is 242 g/mol. The third-order valence-corrected chi connectivity index (χ3v) is 3.87. The molecule has 0 aliphatic carbocycles. The molecule has 0 amide bonds. The average molecular weight is 242 g/mol. The highest BCUT2D eigenvalue weighted by atomic mass is 31.2. The fourth-order valence-corrected chi connectivity index (χ4v) is 2.84. The first-order valence-corrected chi connectivity index (χ1v) is 6.99. The van der Waals surface area contributed by atoms with E-state index in [1.807, 2.05) is 6.92 Å². The van der Waals surface area contributed by atoms with Gasteiger partial charge in [0.2, 0.25) is 5.53 Å². The van der Waals surface area contributed by atoms with E-state index in [4.69, 9.17) is 9.47 Å². The average Bonchev–Trinajstić information content (AvgIpc) is 2.18. The lowest BCUT2D eigenvalue weighted by Crippen LogP contribution is -2.36. The molecule has 6 heteroatoms. The largest absolute Gasteiger partial charge is 0.342 e. The van der Waals surface area contributed by atoms with Crippen molar-refractivity contribution >= 4 is 7.37 Å². The van der Waals surface area contributed by atoms with Gasteiger partial charge in [-0.25, -0.2) is 4.39 Å². The summed E-state index contributed by atoms with van der Waals surface area (Å²) in [6.45, 7) is 5.61.